The van der Waals surface area contributed by atoms with E-state index in [9.17, 15) is 0 Å². The average molecular weight is 382 g/mol. The predicted molar refractivity (Wildman–Crippen MR) is 124 cm³/mol. The van der Waals surface area contributed by atoms with Crippen LogP contribution < -0.4 is 29.6 Å². The van der Waals surface area contributed by atoms with Crippen LogP contribution in [-0.2, 0) is 0 Å². The second-order valence-electron chi connectivity index (χ2n) is 6.66. The van der Waals surface area contributed by atoms with Gasteiger partial charge in [-0.05, 0) is 33.4 Å². The molecule has 4 rings (SSSR count). The molecular formula is C28H23Na. The molecule has 0 unspecified atom stereocenters. The van der Waals surface area contributed by atoms with Gasteiger partial charge in [0.05, 0.1) is 0 Å². The van der Waals surface area contributed by atoms with Gasteiger partial charge in [0, 0.05) is 0 Å². The topological polar surface area (TPSA) is 0 Å². The minimum atomic E-state index is 0. The molecular weight excluding hydrogens is 359 g/mol. The maximum Gasteiger partial charge on any atom is 1.00 e. The van der Waals surface area contributed by atoms with Crippen LogP contribution in [0.1, 0.15) is 23.7 Å². The van der Waals surface area contributed by atoms with Crippen molar-refractivity contribution in [2.45, 2.75) is 0 Å². The molecule has 0 bridgehead atoms. The standard InChI is InChI=1S/C28H22.Na.H/c1-3-11-23(12-4-1)19-21-25-15-7-9-17-27(25)28-18-10-8-16-26(28)22-20-24-13-5-2-6-14-24;;/h1-22H;;/q;+1;-1/b21-19+,22-20+;;. The Morgan fingerprint density at radius 1 is 0.379 bits per heavy atom. The summed E-state index contributed by atoms with van der Waals surface area (Å²) >= 11 is 0. The first kappa shape index (κ1) is 21.1. The molecule has 0 N–H and O–H groups in total. The van der Waals surface area contributed by atoms with Crippen molar-refractivity contribution in [3.8, 4) is 11.1 Å². The van der Waals surface area contributed by atoms with E-state index in [4.69, 9.17) is 0 Å². The second kappa shape index (κ2) is 10.8. The van der Waals surface area contributed by atoms with Crippen molar-refractivity contribution in [1.29, 1.82) is 0 Å². The molecule has 4 aromatic carbocycles. The van der Waals surface area contributed by atoms with Crippen molar-refractivity contribution in [2.24, 2.45) is 0 Å². The van der Waals surface area contributed by atoms with Gasteiger partial charge in [0.2, 0.25) is 0 Å². The smallest absolute Gasteiger partial charge is 1.00 e. The fraction of sp³-hybridized carbons (Fsp3) is 0. The molecule has 0 heterocycles. The van der Waals surface area contributed by atoms with E-state index >= 15 is 0 Å². The molecule has 0 nitrogen and oxygen atoms in total. The molecule has 0 saturated heterocycles. The Labute approximate surface area is 197 Å². The molecule has 0 aromatic heterocycles. The number of benzene rings is 4. The van der Waals surface area contributed by atoms with Gasteiger partial charge < -0.3 is 1.43 Å². The van der Waals surface area contributed by atoms with E-state index < -0.39 is 0 Å². The van der Waals surface area contributed by atoms with Crippen molar-refractivity contribution >= 4 is 24.3 Å². The van der Waals surface area contributed by atoms with Crippen LogP contribution in [-0.4, -0.2) is 0 Å². The molecule has 0 saturated carbocycles. The zero-order chi connectivity index (χ0) is 19.0. The quantitative estimate of drug-likeness (QED) is 0.343. The summed E-state index contributed by atoms with van der Waals surface area (Å²) in [5.74, 6) is 0. The van der Waals surface area contributed by atoms with Crippen LogP contribution in [0.3, 0.4) is 0 Å². The third-order valence-corrected chi connectivity index (χ3v) is 4.72. The van der Waals surface area contributed by atoms with E-state index in [1.807, 2.05) is 12.1 Å². The minimum absolute atomic E-state index is 0. The first-order valence-electron chi connectivity index (χ1n) is 9.55. The van der Waals surface area contributed by atoms with Crippen LogP contribution in [0, 0.1) is 0 Å². The van der Waals surface area contributed by atoms with Crippen LogP contribution in [0.2, 0.25) is 0 Å². The second-order valence-corrected chi connectivity index (χ2v) is 6.66. The van der Waals surface area contributed by atoms with Crippen molar-refractivity contribution < 1.29 is 31.0 Å². The molecule has 0 fully saturated rings. The van der Waals surface area contributed by atoms with E-state index in [0.717, 1.165) is 0 Å². The van der Waals surface area contributed by atoms with Crippen LogP contribution in [0.4, 0.5) is 0 Å². The van der Waals surface area contributed by atoms with Gasteiger partial charge in [-0.25, -0.2) is 0 Å². The van der Waals surface area contributed by atoms with Gasteiger partial charge in [-0.2, -0.15) is 0 Å². The number of hydrogen-bond acceptors (Lipinski definition) is 0. The van der Waals surface area contributed by atoms with Gasteiger partial charge in [0.15, 0.2) is 0 Å². The van der Waals surface area contributed by atoms with E-state index in [1.54, 1.807) is 0 Å². The Balaban J connectivity index is 0.00000160. The SMILES string of the molecule is C(=C\c1ccccc1-c1ccccc1/C=C/c1ccccc1)/c1ccccc1.[H-].[Na+]. The summed E-state index contributed by atoms with van der Waals surface area (Å²) < 4.78 is 0. The fourth-order valence-corrected chi connectivity index (χ4v) is 3.28. The molecule has 0 radical (unpaired) electrons. The molecule has 4 aromatic rings. The van der Waals surface area contributed by atoms with Crippen LogP contribution in [0.25, 0.3) is 35.4 Å². The molecule has 0 atom stereocenters. The van der Waals surface area contributed by atoms with Gasteiger partial charge >= 0.3 is 29.6 Å². The third-order valence-electron chi connectivity index (χ3n) is 4.72. The van der Waals surface area contributed by atoms with Gasteiger partial charge in [0.25, 0.3) is 0 Å². The molecule has 1 heteroatoms. The molecule has 136 valence electrons. The summed E-state index contributed by atoms with van der Waals surface area (Å²) in [6, 6.07) is 38.0. The van der Waals surface area contributed by atoms with Gasteiger partial charge in [-0.1, -0.05) is 133 Å². The van der Waals surface area contributed by atoms with Crippen molar-refractivity contribution in [3.05, 3.63) is 131 Å². The van der Waals surface area contributed by atoms with E-state index in [2.05, 4.69) is 121 Å². The largest absolute Gasteiger partial charge is 1.00 e. The average Bonchev–Trinajstić information content (AvgIpc) is 2.78. The van der Waals surface area contributed by atoms with Gasteiger partial charge in [-0.3, -0.25) is 0 Å². The summed E-state index contributed by atoms with van der Waals surface area (Å²) in [4.78, 5) is 0. The monoisotopic (exact) mass is 382 g/mol. The van der Waals surface area contributed by atoms with Crippen LogP contribution in [0.5, 0.6) is 0 Å². The zero-order valence-electron chi connectivity index (χ0n) is 17.7. The van der Waals surface area contributed by atoms with Gasteiger partial charge in [-0.15, -0.1) is 0 Å². The zero-order valence-corrected chi connectivity index (χ0v) is 18.7. The molecule has 0 amide bonds. The first-order valence-corrected chi connectivity index (χ1v) is 9.55. The van der Waals surface area contributed by atoms with Crippen LogP contribution >= 0.6 is 0 Å². The maximum atomic E-state index is 2.20. The Kier molecular flexibility index (Phi) is 7.84. The Morgan fingerprint density at radius 3 is 1.14 bits per heavy atom. The third kappa shape index (κ3) is 5.68. The molecule has 0 aliphatic heterocycles. The minimum Gasteiger partial charge on any atom is -1.00 e. The molecule has 0 aliphatic carbocycles. The predicted octanol–water partition coefficient (Wildman–Crippen LogP) is 4.81. The van der Waals surface area contributed by atoms with Crippen LogP contribution in [0.15, 0.2) is 109 Å². The Bertz CT molecular complexity index is 1010. The fourth-order valence-electron chi connectivity index (χ4n) is 3.28. The summed E-state index contributed by atoms with van der Waals surface area (Å²) in [5, 5.41) is 0. The van der Waals surface area contributed by atoms with Gasteiger partial charge in [0.1, 0.15) is 0 Å². The molecule has 29 heavy (non-hydrogen) atoms. The molecule has 0 spiro atoms. The van der Waals surface area contributed by atoms with E-state index in [-0.39, 0.29) is 31.0 Å². The molecule has 0 aliphatic rings. The maximum absolute atomic E-state index is 2.20. The normalized spacial score (nSPS) is 10.9. The summed E-state index contributed by atoms with van der Waals surface area (Å²) in [5.41, 5.74) is 7.31. The van der Waals surface area contributed by atoms with Crippen molar-refractivity contribution in [2.75, 3.05) is 0 Å². The van der Waals surface area contributed by atoms with Crippen molar-refractivity contribution in [1.82, 2.24) is 0 Å². The van der Waals surface area contributed by atoms with Crippen molar-refractivity contribution in [3.63, 3.8) is 0 Å². The summed E-state index contributed by atoms with van der Waals surface area (Å²) in [6.07, 6.45) is 8.73. The number of rotatable bonds is 5. The summed E-state index contributed by atoms with van der Waals surface area (Å²) in [6.45, 7) is 0. The Hall–Kier alpha value is -2.64. The first-order chi connectivity index (χ1) is 13.9. The Morgan fingerprint density at radius 2 is 0.724 bits per heavy atom. The summed E-state index contributed by atoms with van der Waals surface area (Å²) in [7, 11) is 0. The number of hydrogen-bond donors (Lipinski definition) is 0. The van der Waals surface area contributed by atoms with E-state index in [1.165, 1.54) is 33.4 Å². The van der Waals surface area contributed by atoms with E-state index in [0.29, 0.717) is 0 Å².